The number of amides is 1. The number of imidazole rings is 1. The maximum atomic E-state index is 12.1. The van der Waals surface area contributed by atoms with Crippen molar-refractivity contribution in [2.24, 2.45) is 0 Å². The van der Waals surface area contributed by atoms with Gasteiger partial charge in [-0.25, -0.2) is 4.98 Å². The number of fused-ring (bicyclic) bond motifs is 1. The number of nitrogens with one attached hydrogen (secondary N) is 1. The maximum Gasteiger partial charge on any atom is 0.243 e. The van der Waals surface area contributed by atoms with Crippen LogP contribution >= 0.6 is 15.9 Å². The number of halogens is 1. The van der Waals surface area contributed by atoms with E-state index in [0.717, 1.165) is 15.5 Å². The van der Waals surface area contributed by atoms with Crippen molar-refractivity contribution < 1.29 is 4.79 Å². The number of nitrogen functional groups attached to an aromatic ring is 1. The lowest BCUT2D eigenvalue weighted by Crippen LogP contribution is -2.36. The highest BCUT2D eigenvalue weighted by atomic mass is 79.9. The van der Waals surface area contributed by atoms with Crippen molar-refractivity contribution in [2.75, 3.05) is 5.73 Å². The zero-order chi connectivity index (χ0) is 14.2. The summed E-state index contributed by atoms with van der Waals surface area (Å²) in [6, 6.07) is 5.38. The van der Waals surface area contributed by atoms with E-state index in [2.05, 4.69) is 26.2 Å². The summed E-state index contributed by atoms with van der Waals surface area (Å²) in [6.07, 6.45) is 0. The zero-order valence-electron chi connectivity index (χ0n) is 11.1. The van der Waals surface area contributed by atoms with Crippen molar-refractivity contribution in [2.45, 2.75) is 32.9 Å². The van der Waals surface area contributed by atoms with E-state index < -0.39 is 6.04 Å². The Bertz CT molecular complexity index is 620. The number of carbonyl (C=O) groups is 1. The molecule has 0 aliphatic carbocycles. The summed E-state index contributed by atoms with van der Waals surface area (Å²) < 4.78 is 2.68. The number of nitrogens with zero attached hydrogens (tertiary/aromatic N) is 2. The number of aromatic nitrogens is 2. The quantitative estimate of drug-likeness (QED) is 0.910. The Hall–Kier alpha value is -1.56. The molecule has 5 nitrogen and oxygen atoms in total. The van der Waals surface area contributed by atoms with Gasteiger partial charge in [0.05, 0.1) is 11.0 Å². The normalized spacial score (nSPS) is 12.9. The van der Waals surface area contributed by atoms with Crippen LogP contribution in [0.3, 0.4) is 0 Å². The highest BCUT2D eigenvalue weighted by molar-refractivity contribution is 9.10. The molecule has 1 atom stereocenters. The highest BCUT2D eigenvalue weighted by Gasteiger charge is 2.20. The molecule has 3 N–H and O–H groups in total. The molecule has 1 heterocycles. The van der Waals surface area contributed by atoms with Gasteiger partial charge in [0, 0.05) is 10.5 Å². The molecule has 2 rings (SSSR count). The Labute approximate surface area is 120 Å². The second-order valence-corrected chi connectivity index (χ2v) is 5.73. The zero-order valence-corrected chi connectivity index (χ0v) is 12.7. The third-order valence-electron chi connectivity index (χ3n) is 2.88. The minimum Gasteiger partial charge on any atom is -0.369 e. The SMILES string of the molecule is CC(C)NC(=O)C(C)n1c(N)nc2ccc(Br)cc21. The van der Waals surface area contributed by atoms with Crippen molar-refractivity contribution in [3.8, 4) is 0 Å². The Morgan fingerprint density at radius 1 is 1.42 bits per heavy atom. The number of hydrogen-bond donors (Lipinski definition) is 2. The van der Waals surface area contributed by atoms with Crippen LogP contribution in [0.4, 0.5) is 5.95 Å². The van der Waals surface area contributed by atoms with E-state index in [1.54, 1.807) is 4.57 Å². The van der Waals surface area contributed by atoms with E-state index in [1.165, 1.54) is 0 Å². The summed E-state index contributed by atoms with van der Waals surface area (Å²) in [5.74, 6) is 0.278. The molecule has 0 saturated carbocycles. The summed E-state index contributed by atoms with van der Waals surface area (Å²) in [5.41, 5.74) is 7.56. The number of hydrogen-bond acceptors (Lipinski definition) is 3. The van der Waals surface area contributed by atoms with E-state index in [9.17, 15) is 4.79 Å². The average molecular weight is 325 g/mol. The number of carbonyl (C=O) groups excluding carboxylic acids is 1. The van der Waals surface area contributed by atoms with Crippen LogP contribution in [0.15, 0.2) is 22.7 Å². The van der Waals surface area contributed by atoms with E-state index in [0.29, 0.717) is 5.95 Å². The van der Waals surface area contributed by atoms with Crippen molar-refractivity contribution in [1.29, 1.82) is 0 Å². The Kier molecular flexibility index (Phi) is 3.80. The second-order valence-electron chi connectivity index (χ2n) is 4.81. The Morgan fingerprint density at radius 3 is 2.74 bits per heavy atom. The Balaban J connectivity index is 2.46. The lowest BCUT2D eigenvalue weighted by molar-refractivity contribution is -0.124. The predicted octanol–water partition coefficient (Wildman–Crippen LogP) is 2.47. The van der Waals surface area contributed by atoms with Crippen molar-refractivity contribution in [3.05, 3.63) is 22.7 Å². The van der Waals surface area contributed by atoms with Crippen LogP contribution in [0.25, 0.3) is 11.0 Å². The maximum absolute atomic E-state index is 12.1. The van der Waals surface area contributed by atoms with Crippen LogP contribution in [0.2, 0.25) is 0 Å². The molecule has 1 aromatic heterocycles. The van der Waals surface area contributed by atoms with E-state index >= 15 is 0 Å². The highest BCUT2D eigenvalue weighted by Crippen LogP contribution is 2.25. The Morgan fingerprint density at radius 2 is 2.11 bits per heavy atom. The average Bonchev–Trinajstić information content (AvgIpc) is 2.62. The van der Waals surface area contributed by atoms with E-state index in [1.807, 2.05) is 39.0 Å². The first kappa shape index (κ1) is 13.9. The molecule has 1 aromatic carbocycles. The third kappa shape index (κ3) is 2.73. The van der Waals surface area contributed by atoms with Crippen LogP contribution in [0, 0.1) is 0 Å². The molecule has 0 saturated heterocycles. The lowest BCUT2D eigenvalue weighted by atomic mass is 10.2. The van der Waals surface area contributed by atoms with Gasteiger partial charge in [0.25, 0.3) is 0 Å². The standard InChI is InChI=1S/C13H17BrN4O/c1-7(2)16-12(19)8(3)18-11-6-9(14)4-5-10(11)17-13(18)15/h4-8H,1-3H3,(H2,15,17)(H,16,19). The number of anilines is 1. The fourth-order valence-corrected chi connectivity index (χ4v) is 2.36. The molecule has 0 spiro atoms. The van der Waals surface area contributed by atoms with Crippen LogP contribution < -0.4 is 11.1 Å². The van der Waals surface area contributed by atoms with Crippen LogP contribution in [-0.2, 0) is 4.79 Å². The summed E-state index contributed by atoms with van der Waals surface area (Å²) in [4.78, 5) is 16.4. The lowest BCUT2D eigenvalue weighted by Gasteiger charge is -2.17. The molecule has 0 aliphatic rings. The first-order chi connectivity index (χ1) is 8.90. The first-order valence-electron chi connectivity index (χ1n) is 6.13. The van der Waals surface area contributed by atoms with Gasteiger partial charge in [-0.15, -0.1) is 0 Å². The molecule has 6 heteroatoms. The van der Waals surface area contributed by atoms with Gasteiger partial charge in [-0.05, 0) is 39.0 Å². The fourth-order valence-electron chi connectivity index (χ4n) is 2.01. The molecule has 0 bridgehead atoms. The summed E-state index contributed by atoms with van der Waals surface area (Å²) in [5, 5.41) is 2.88. The molecular formula is C13H17BrN4O. The molecule has 1 unspecified atom stereocenters. The number of benzene rings is 1. The molecule has 0 radical (unpaired) electrons. The topological polar surface area (TPSA) is 72.9 Å². The minimum absolute atomic E-state index is 0.0685. The molecule has 2 aromatic rings. The molecule has 102 valence electrons. The fraction of sp³-hybridized carbons (Fsp3) is 0.385. The minimum atomic E-state index is -0.401. The summed E-state index contributed by atoms with van der Waals surface area (Å²) in [7, 11) is 0. The van der Waals surface area contributed by atoms with Gasteiger partial charge in [0.2, 0.25) is 11.9 Å². The van der Waals surface area contributed by atoms with Crippen LogP contribution in [0.1, 0.15) is 26.8 Å². The van der Waals surface area contributed by atoms with Crippen molar-refractivity contribution >= 4 is 38.8 Å². The number of rotatable bonds is 3. The predicted molar refractivity (Wildman–Crippen MR) is 79.8 cm³/mol. The molecule has 0 fully saturated rings. The molecular weight excluding hydrogens is 308 g/mol. The van der Waals surface area contributed by atoms with Crippen LogP contribution in [-0.4, -0.2) is 21.5 Å². The first-order valence-corrected chi connectivity index (χ1v) is 6.92. The molecule has 19 heavy (non-hydrogen) atoms. The van der Waals surface area contributed by atoms with Gasteiger partial charge in [0.15, 0.2) is 0 Å². The smallest absolute Gasteiger partial charge is 0.243 e. The second kappa shape index (κ2) is 5.21. The molecule has 0 aliphatic heterocycles. The van der Waals surface area contributed by atoms with Crippen molar-refractivity contribution in [3.63, 3.8) is 0 Å². The van der Waals surface area contributed by atoms with Gasteiger partial charge >= 0.3 is 0 Å². The largest absolute Gasteiger partial charge is 0.369 e. The third-order valence-corrected chi connectivity index (χ3v) is 3.37. The molecule has 1 amide bonds. The monoisotopic (exact) mass is 324 g/mol. The van der Waals surface area contributed by atoms with Gasteiger partial charge < -0.3 is 11.1 Å². The van der Waals surface area contributed by atoms with Gasteiger partial charge in [-0.3, -0.25) is 9.36 Å². The van der Waals surface area contributed by atoms with Crippen molar-refractivity contribution in [1.82, 2.24) is 14.9 Å². The van der Waals surface area contributed by atoms with Gasteiger partial charge in [0.1, 0.15) is 6.04 Å². The van der Waals surface area contributed by atoms with Gasteiger partial charge in [-0.2, -0.15) is 0 Å². The number of nitrogens with two attached hydrogens (primary N) is 1. The van der Waals surface area contributed by atoms with E-state index in [4.69, 9.17) is 5.73 Å². The summed E-state index contributed by atoms with van der Waals surface area (Å²) in [6.45, 7) is 5.67. The van der Waals surface area contributed by atoms with Gasteiger partial charge in [-0.1, -0.05) is 15.9 Å². The van der Waals surface area contributed by atoms with E-state index in [-0.39, 0.29) is 11.9 Å². The van der Waals surface area contributed by atoms with Crippen LogP contribution in [0.5, 0.6) is 0 Å². The summed E-state index contributed by atoms with van der Waals surface area (Å²) >= 11 is 3.42.